The maximum Gasteiger partial charge on any atom is -0.00669 e. The maximum absolute atomic E-state index is 4.03. The predicted molar refractivity (Wildman–Crippen MR) is 70.6 cm³/mol. The topological polar surface area (TPSA) is 0 Å². The molecule has 0 aromatic heterocycles. The van der Waals surface area contributed by atoms with Crippen LogP contribution in [0.2, 0.25) is 0 Å². The van der Waals surface area contributed by atoms with Crippen LogP contribution in [-0.2, 0) is 12.8 Å². The molecule has 0 unspecified atom stereocenters. The Bertz CT molecular complexity index is 393. The molecule has 0 heteroatoms. The molecule has 0 saturated heterocycles. The lowest BCUT2D eigenvalue weighted by Gasteiger charge is -2.14. The van der Waals surface area contributed by atoms with Gasteiger partial charge in [0.05, 0.1) is 0 Å². The normalized spacial score (nSPS) is 16.1. The second-order valence-corrected chi connectivity index (χ2v) is 4.66. The smallest absolute Gasteiger partial charge is 0.00669 e. The Hall–Kier alpha value is -1.30. The first-order valence-corrected chi connectivity index (χ1v) is 6.20. The third-order valence-corrected chi connectivity index (χ3v) is 3.34. The Labute approximate surface area is 98.7 Å². The summed E-state index contributed by atoms with van der Waals surface area (Å²) >= 11 is 0. The van der Waals surface area contributed by atoms with Gasteiger partial charge in [0.2, 0.25) is 0 Å². The van der Waals surface area contributed by atoms with Gasteiger partial charge in [0.1, 0.15) is 0 Å². The Kier molecular flexibility index (Phi) is 3.61. The van der Waals surface area contributed by atoms with Crippen LogP contribution in [0.25, 0.3) is 0 Å². The minimum Gasteiger partial charge on any atom is -0.0995 e. The van der Waals surface area contributed by atoms with E-state index in [1.54, 1.807) is 5.57 Å². The molecule has 0 aliphatic heterocycles. The summed E-state index contributed by atoms with van der Waals surface area (Å²) < 4.78 is 0. The van der Waals surface area contributed by atoms with E-state index in [1.807, 2.05) is 0 Å². The minimum atomic E-state index is 1.09. The van der Waals surface area contributed by atoms with E-state index in [0.717, 1.165) is 19.3 Å². The van der Waals surface area contributed by atoms with Crippen LogP contribution < -0.4 is 0 Å². The lowest BCUT2D eigenvalue weighted by Crippen LogP contribution is -1.98. The Balaban J connectivity index is 2.01. The highest BCUT2D eigenvalue weighted by molar-refractivity contribution is 5.28. The van der Waals surface area contributed by atoms with Crippen molar-refractivity contribution in [1.29, 1.82) is 0 Å². The van der Waals surface area contributed by atoms with E-state index in [9.17, 15) is 0 Å². The summed E-state index contributed by atoms with van der Waals surface area (Å²) in [6.45, 7) is 6.23. The van der Waals surface area contributed by atoms with Gasteiger partial charge in [0, 0.05) is 0 Å². The quantitative estimate of drug-likeness (QED) is 0.649. The van der Waals surface area contributed by atoms with Crippen molar-refractivity contribution in [2.24, 2.45) is 0 Å². The molecular weight excluding hydrogens is 192 g/mol. The Morgan fingerprint density at radius 1 is 1.06 bits per heavy atom. The summed E-state index contributed by atoms with van der Waals surface area (Å²) in [6, 6.07) is 9.03. The van der Waals surface area contributed by atoms with Gasteiger partial charge in [-0.05, 0) is 43.2 Å². The molecule has 0 spiro atoms. The first-order valence-electron chi connectivity index (χ1n) is 6.20. The first kappa shape index (κ1) is 11.2. The zero-order valence-corrected chi connectivity index (χ0v) is 10.1. The zero-order chi connectivity index (χ0) is 11.4. The number of benzene rings is 1. The highest BCUT2D eigenvalue weighted by Crippen LogP contribution is 2.24. The molecule has 16 heavy (non-hydrogen) atoms. The van der Waals surface area contributed by atoms with E-state index in [0.29, 0.717) is 0 Å². The fourth-order valence-electron chi connectivity index (χ4n) is 2.15. The van der Waals surface area contributed by atoms with Crippen LogP contribution in [0, 0.1) is 0 Å². The summed E-state index contributed by atoms with van der Waals surface area (Å²) in [5, 5.41) is 0. The van der Waals surface area contributed by atoms with Crippen LogP contribution in [0.5, 0.6) is 0 Å². The van der Waals surface area contributed by atoms with Crippen molar-refractivity contribution < 1.29 is 0 Å². The molecule has 0 radical (unpaired) electrons. The highest BCUT2D eigenvalue weighted by Gasteiger charge is 2.06. The summed E-state index contributed by atoms with van der Waals surface area (Å²) in [7, 11) is 0. The maximum atomic E-state index is 4.03. The van der Waals surface area contributed by atoms with Crippen molar-refractivity contribution in [1.82, 2.24) is 0 Å². The average Bonchev–Trinajstić information content (AvgIpc) is 2.33. The molecule has 0 atom stereocenters. The largest absolute Gasteiger partial charge is 0.0995 e. The molecule has 0 heterocycles. The molecule has 84 valence electrons. The van der Waals surface area contributed by atoms with Crippen LogP contribution in [0.15, 0.2) is 48.1 Å². The van der Waals surface area contributed by atoms with Gasteiger partial charge in [0.25, 0.3) is 0 Å². The van der Waals surface area contributed by atoms with Crippen molar-refractivity contribution in [3.05, 3.63) is 59.2 Å². The molecule has 0 fully saturated rings. The summed E-state index contributed by atoms with van der Waals surface area (Å²) in [6.07, 6.45) is 8.08. The van der Waals surface area contributed by atoms with Gasteiger partial charge in [-0.25, -0.2) is 0 Å². The third kappa shape index (κ3) is 2.85. The minimum absolute atomic E-state index is 1.09. The third-order valence-electron chi connectivity index (χ3n) is 3.34. The van der Waals surface area contributed by atoms with Crippen LogP contribution in [0.1, 0.15) is 37.3 Å². The fraction of sp³-hybridized carbons (Fsp3) is 0.375. The van der Waals surface area contributed by atoms with Crippen molar-refractivity contribution in [2.75, 3.05) is 0 Å². The molecule has 0 bridgehead atoms. The van der Waals surface area contributed by atoms with Crippen LogP contribution in [0.4, 0.5) is 0 Å². The van der Waals surface area contributed by atoms with E-state index in [1.165, 1.54) is 29.5 Å². The molecule has 0 N–H and O–H groups in total. The number of hydrogen-bond donors (Lipinski definition) is 0. The lowest BCUT2D eigenvalue weighted by atomic mass is 9.91. The predicted octanol–water partition coefficient (Wildman–Crippen LogP) is 4.46. The van der Waals surface area contributed by atoms with Gasteiger partial charge in [0.15, 0.2) is 0 Å². The molecule has 0 saturated carbocycles. The van der Waals surface area contributed by atoms with Gasteiger partial charge in [-0.3, -0.25) is 0 Å². The number of aryl methyl sites for hydroxylation is 1. The lowest BCUT2D eigenvalue weighted by molar-refractivity contribution is 0.823. The first-order chi connectivity index (χ1) is 7.78. The number of allylic oxidation sites excluding steroid dienone is 3. The summed E-state index contributed by atoms with van der Waals surface area (Å²) in [5.41, 5.74) is 5.83. The molecular formula is C16H20. The molecule has 0 amide bonds. The van der Waals surface area contributed by atoms with Crippen molar-refractivity contribution in [3.63, 3.8) is 0 Å². The van der Waals surface area contributed by atoms with Gasteiger partial charge in [-0.1, -0.05) is 55.0 Å². The average molecular weight is 212 g/mol. The van der Waals surface area contributed by atoms with Crippen LogP contribution >= 0.6 is 0 Å². The van der Waals surface area contributed by atoms with E-state index in [2.05, 4.69) is 43.8 Å². The van der Waals surface area contributed by atoms with Gasteiger partial charge < -0.3 is 0 Å². The van der Waals surface area contributed by atoms with E-state index in [4.69, 9.17) is 0 Å². The van der Waals surface area contributed by atoms with Gasteiger partial charge >= 0.3 is 0 Å². The molecule has 1 aromatic carbocycles. The molecule has 0 nitrogen and oxygen atoms in total. The van der Waals surface area contributed by atoms with E-state index >= 15 is 0 Å². The summed E-state index contributed by atoms with van der Waals surface area (Å²) in [4.78, 5) is 0. The monoisotopic (exact) mass is 212 g/mol. The molecule has 2 rings (SSSR count). The SMILES string of the molecule is C=C1CC=C(Cc2ccc(CC)cc2)CC1. The summed E-state index contributed by atoms with van der Waals surface area (Å²) in [5.74, 6) is 0. The fourth-order valence-corrected chi connectivity index (χ4v) is 2.15. The van der Waals surface area contributed by atoms with Crippen molar-refractivity contribution in [3.8, 4) is 0 Å². The Morgan fingerprint density at radius 3 is 2.31 bits per heavy atom. The molecule has 1 aliphatic carbocycles. The van der Waals surface area contributed by atoms with E-state index < -0.39 is 0 Å². The molecule has 1 aliphatic rings. The second-order valence-electron chi connectivity index (χ2n) is 4.66. The van der Waals surface area contributed by atoms with Crippen LogP contribution in [0.3, 0.4) is 0 Å². The van der Waals surface area contributed by atoms with E-state index in [-0.39, 0.29) is 0 Å². The zero-order valence-electron chi connectivity index (χ0n) is 10.1. The number of hydrogen-bond acceptors (Lipinski definition) is 0. The second kappa shape index (κ2) is 5.16. The highest BCUT2D eigenvalue weighted by atomic mass is 14.1. The van der Waals surface area contributed by atoms with Crippen LogP contribution in [-0.4, -0.2) is 0 Å². The van der Waals surface area contributed by atoms with Crippen molar-refractivity contribution in [2.45, 2.75) is 39.0 Å². The van der Waals surface area contributed by atoms with Gasteiger partial charge in [-0.2, -0.15) is 0 Å². The molecule has 1 aromatic rings. The number of rotatable bonds is 3. The van der Waals surface area contributed by atoms with Gasteiger partial charge in [-0.15, -0.1) is 0 Å². The van der Waals surface area contributed by atoms with Crippen molar-refractivity contribution >= 4 is 0 Å². The Morgan fingerprint density at radius 2 is 1.75 bits per heavy atom. The standard InChI is InChI=1S/C16H20/c1-3-14-8-10-16(11-9-14)12-15-6-4-13(2)5-7-15/h6,8-11H,2-5,7,12H2,1H3.